The molecule has 184 valence electrons. The van der Waals surface area contributed by atoms with Crippen LogP contribution in [-0.4, -0.2) is 89.1 Å². The molecule has 2 fully saturated rings. The molecule has 0 saturated carbocycles. The standard InChI is InChI=1S/C21H25N3O8S2/c25-20-6-5-18(34(29,30)24-9-13-32-14-10-24)15-19(20)21(26)22-16-1-3-17(4-2-16)33(27,28)23-7-11-31-12-8-23/h1-6,15,25H,7-14H2,(H,22,26). The summed E-state index contributed by atoms with van der Waals surface area (Å²) in [4.78, 5) is 12.7. The van der Waals surface area contributed by atoms with Crippen molar-refractivity contribution in [1.82, 2.24) is 8.61 Å². The number of aromatic hydroxyl groups is 1. The van der Waals surface area contributed by atoms with Gasteiger partial charge in [0.15, 0.2) is 0 Å². The number of carbonyl (C=O) groups excluding carboxylic acids is 1. The minimum Gasteiger partial charge on any atom is -0.507 e. The molecule has 0 spiro atoms. The van der Waals surface area contributed by atoms with E-state index in [9.17, 15) is 26.7 Å². The van der Waals surface area contributed by atoms with Gasteiger partial charge in [-0.1, -0.05) is 0 Å². The van der Waals surface area contributed by atoms with Crippen LogP contribution in [0.2, 0.25) is 0 Å². The molecule has 0 unspecified atom stereocenters. The SMILES string of the molecule is O=C(Nc1ccc(S(=O)(=O)N2CCOCC2)cc1)c1cc(S(=O)(=O)N2CCOCC2)ccc1O. The van der Waals surface area contributed by atoms with Crippen LogP contribution in [0.1, 0.15) is 10.4 Å². The van der Waals surface area contributed by atoms with Gasteiger partial charge in [-0.15, -0.1) is 0 Å². The largest absolute Gasteiger partial charge is 0.507 e. The quantitative estimate of drug-likeness (QED) is 0.577. The first-order valence-electron chi connectivity index (χ1n) is 10.6. The fourth-order valence-electron chi connectivity index (χ4n) is 3.64. The molecule has 0 radical (unpaired) electrons. The zero-order valence-corrected chi connectivity index (χ0v) is 19.8. The fourth-order valence-corrected chi connectivity index (χ4v) is 6.48. The lowest BCUT2D eigenvalue weighted by Crippen LogP contribution is -2.40. The average molecular weight is 512 g/mol. The molecule has 2 aliphatic rings. The number of benzene rings is 2. The Hall–Kier alpha value is -2.55. The number of phenolic OH excluding ortho intramolecular Hbond substituents is 1. The smallest absolute Gasteiger partial charge is 0.259 e. The molecule has 2 N–H and O–H groups in total. The highest BCUT2D eigenvalue weighted by atomic mass is 32.2. The Labute approximate surface area is 198 Å². The predicted octanol–water partition coefficient (Wildman–Crippen LogP) is 0.686. The van der Waals surface area contributed by atoms with Crippen LogP contribution in [0.15, 0.2) is 52.3 Å². The van der Waals surface area contributed by atoms with E-state index in [0.29, 0.717) is 13.2 Å². The van der Waals surface area contributed by atoms with Crippen LogP contribution in [0.3, 0.4) is 0 Å². The van der Waals surface area contributed by atoms with E-state index in [1.165, 1.54) is 38.9 Å². The van der Waals surface area contributed by atoms with Gasteiger partial charge in [-0.05, 0) is 42.5 Å². The number of sulfonamides is 2. The molecule has 2 aliphatic heterocycles. The molecule has 34 heavy (non-hydrogen) atoms. The lowest BCUT2D eigenvalue weighted by molar-refractivity contribution is 0.0730. The van der Waals surface area contributed by atoms with Crippen molar-refractivity contribution in [2.45, 2.75) is 9.79 Å². The maximum absolute atomic E-state index is 12.9. The van der Waals surface area contributed by atoms with E-state index in [4.69, 9.17) is 9.47 Å². The number of amides is 1. The van der Waals surface area contributed by atoms with Gasteiger partial charge in [0.05, 0.1) is 41.8 Å². The van der Waals surface area contributed by atoms with Crippen molar-refractivity contribution in [3.05, 3.63) is 48.0 Å². The maximum Gasteiger partial charge on any atom is 0.259 e. The number of anilines is 1. The maximum atomic E-state index is 12.9. The summed E-state index contributed by atoms with van der Waals surface area (Å²) in [5.41, 5.74) is 0.0612. The zero-order chi connectivity index (χ0) is 24.3. The van der Waals surface area contributed by atoms with E-state index >= 15 is 0 Å². The third kappa shape index (κ3) is 5.09. The molecular formula is C21H25N3O8S2. The molecule has 4 rings (SSSR count). The number of nitrogens with one attached hydrogen (secondary N) is 1. The molecule has 0 atom stereocenters. The van der Waals surface area contributed by atoms with Crippen molar-refractivity contribution in [1.29, 1.82) is 0 Å². The summed E-state index contributed by atoms with van der Waals surface area (Å²) in [6.07, 6.45) is 0. The van der Waals surface area contributed by atoms with Crippen molar-refractivity contribution < 1.29 is 36.2 Å². The highest BCUT2D eigenvalue weighted by molar-refractivity contribution is 7.89. The van der Waals surface area contributed by atoms with Crippen LogP contribution in [0.25, 0.3) is 0 Å². The van der Waals surface area contributed by atoms with Crippen molar-refractivity contribution in [3.63, 3.8) is 0 Å². The monoisotopic (exact) mass is 511 g/mol. The molecule has 0 aromatic heterocycles. The summed E-state index contributed by atoms with van der Waals surface area (Å²) in [7, 11) is -7.54. The van der Waals surface area contributed by atoms with Gasteiger partial charge in [-0.25, -0.2) is 16.8 Å². The lowest BCUT2D eigenvalue weighted by atomic mass is 10.2. The summed E-state index contributed by atoms with van der Waals surface area (Å²) in [5.74, 6) is -1.12. The van der Waals surface area contributed by atoms with Crippen LogP contribution in [0.5, 0.6) is 5.75 Å². The summed E-state index contributed by atoms with van der Waals surface area (Å²) >= 11 is 0. The van der Waals surface area contributed by atoms with Crippen LogP contribution >= 0.6 is 0 Å². The van der Waals surface area contributed by atoms with E-state index in [0.717, 1.165) is 12.1 Å². The normalized spacial score (nSPS) is 18.5. The number of hydrogen-bond acceptors (Lipinski definition) is 8. The Morgan fingerprint density at radius 1 is 0.765 bits per heavy atom. The van der Waals surface area contributed by atoms with E-state index in [1.807, 2.05) is 0 Å². The topological polar surface area (TPSA) is 143 Å². The highest BCUT2D eigenvalue weighted by Crippen LogP contribution is 2.26. The summed E-state index contributed by atoms with van der Waals surface area (Å²) in [6, 6.07) is 9.11. The van der Waals surface area contributed by atoms with E-state index < -0.39 is 26.0 Å². The summed E-state index contributed by atoms with van der Waals surface area (Å²) in [5, 5.41) is 12.7. The second-order valence-corrected chi connectivity index (χ2v) is 11.6. The predicted molar refractivity (Wildman–Crippen MR) is 122 cm³/mol. The second-order valence-electron chi connectivity index (χ2n) is 7.69. The Kier molecular flexibility index (Phi) is 7.21. The van der Waals surface area contributed by atoms with Gasteiger partial charge in [-0.2, -0.15) is 8.61 Å². The Balaban J connectivity index is 1.51. The van der Waals surface area contributed by atoms with Gasteiger partial charge in [0, 0.05) is 31.9 Å². The third-order valence-corrected chi connectivity index (χ3v) is 9.35. The number of morpholine rings is 2. The van der Waals surface area contributed by atoms with Crippen molar-refractivity contribution in [3.8, 4) is 5.75 Å². The highest BCUT2D eigenvalue weighted by Gasteiger charge is 2.28. The minimum absolute atomic E-state index is 0.0776. The van der Waals surface area contributed by atoms with Gasteiger partial charge in [0.25, 0.3) is 5.91 Å². The number of nitrogens with zero attached hydrogens (tertiary/aromatic N) is 2. The molecule has 2 aromatic carbocycles. The molecule has 1 amide bonds. The third-order valence-electron chi connectivity index (χ3n) is 5.54. The number of carbonyl (C=O) groups is 1. The Morgan fingerprint density at radius 3 is 1.76 bits per heavy atom. The van der Waals surface area contributed by atoms with Crippen molar-refractivity contribution >= 4 is 31.6 Å². The number of hydrogen-bond donors (Lipinski definition) is 2. The number of rotatable bonds is 6. The first-order chi connectivity index (χ1) is 16.2. The molecule has 0 bridgehead atoms. The molecule has 2 heterocycles. The van der Waals surface area contributed by atoms with E-state index in [2.05, 4.69) is 5.32 Å². The van der Waals surface area contributed by atoms with Gasteiger partial charge < -0.3 is 19.9 Å². The summed E-state index contributed by atoms with van der Waals surface area (Å²) in [6.45, 7) is 2.15. The van der Waals surface area contributed by atoms with Crippen LogP contribution in [0.4, 0.5) is 5.69 Å². The molecule has 13 heteroatoms. The Bertz CT molecular complexity index is 1250. The minimum atomic E-state index is -3.86. The Morgan fingerprint density at radius 2 is 1.24 bits per heavy atom. The van der Waals surface area contributed by atoms with E-state index in [-0.39, 0.29) is 66.2 Å². The van der Waals surface area contributed by atoms with Gasteiger partial charge in [0.1, 0.15) is 5.75 Å². The molecule has 2 saturated heterocycles. The van der Waals surface area contributed by atoms with Gasteiger partial charge in [0.2, 0.25) is 20.0 Å². The zero-order valence-electron chi connectivity index (χ0n) is 18.2. The average Bonchev–Trinajstić information content (AvgIpc) is 2.85. The molecule has 0 aliphatic carbocycles. The van der Waals surface area contributed by atoms with Crippen LogP contribution in [-0.2, 0) is 29.5 Å². The lowest BCUT2D eigenvalue weighted by Gasteiger charge is -2.26. The van der Waals surface area contributed by atoms with Gasteiger partial charge >= 0.3 is 0 Å². The molecule has 11 nitrogen and oxygen atoms in total. The van der Waals surface area contributed by atoms with Crippen molar-refractivity contribution in [2.75, 3.05) is 57.9 Å². The fraction of sp³-hybridized carbons (Fsp3) is 0.381. The first-order valence-corrected chi connectivity index (χ1v) is 13.5. The van der Waals surface area contributed by atoms with Crippen LogP contribution in [0, 0.1) is 0 Å². The van der Waals surface area contributed by atoms with Crippen LogP contribution < -0.4 is 5.32 Å². The van der Waals surface area contributed by atoms with Gasteiger partial charge in [-0.3, -0.25) is 4.79 Å². The van der Waals surface area contributed by atoms with Crippen molar-refractivity contribution in [2.24, 2.45) is 0 Å². The number of phenols is 1. The summed E-state index contributed by atoms with van der Waals surface area (Å²) < 4.78 is 64.2. The second kappa shape index (κ2) is 9.98. The number of ether oxygens (including phenoxy) is 2. The molecule has 2 aromatic rings. The van der Waals surface area contributed by atoms with E-state index in [1.54, 1.807) is 0 Å². The first kappa shape index (κ1) is 24.6. The molecular weight excluding hydrogens is 486 g/mol.